The quantitative estimate of drug-likeness (QED) is 0.449. The first-order chi connectivity index (χ1) is 15.4. The molecule has 0 saturated carbocycles. The predicted molar refractivity (Wildman–Crippen MR) is 118 cm³/mol. The third kappa shape index (κ3) is 4.86. The van der Waals surface area contributed by atoms with Crippen LogP contribution in [0.15, 0.2) is 28.0 Å². The molecule has 1 aliphatic heterocycles. The summed E-state index contributed by atoms with van der Waals surface area (Å²) in [7, 11) is 1.49. The van der Waals surface area contributed by atoms with Crippen LogP contribution in [0.25, 0.3) is 11.0 Å². The number of aryl methyl sites for hydroxylation is 1. The smallest absolute Gasteiger partial charge is 0.329 e. The van der Waals surface area contributed by atoms with E-state index in [9.17, 15) is 24.6 Å². The van der Waals surface area contributed by atoms with E-state index in [1.807, 2.05) is 0 Å². The number of aliphatic hydroxyl groups is 2. The molecular weight excluding hydrogens is 430 g/mol. The van der Waals surface area contributed by atoms with Gasteiger partial charge in [0.25, 0.3) is 11.5 Å². The first-order valence-electron chi connectivity index (χ1n) is 10.7. The Morgan fingerprint density at radius 2 is 1.97 bits per heavy atom. The minimum Gasteiger partial charge on any atom is -0.390 e. The van der Waals surface area contributed by atoms with Crippen molar-refractivity contribution in [2.45, 2.75) is 50.9 Å². The van der Waals surface area contributed by atoms with Crippen molar-refractivity contribution in [3.63, 3.8) is 0 Å². The lowest BCUT2D eigenvalue weighted by atomic mass is 9.91. The summed E-state index contributed by atoms with van der Waals surface area (Å²) in [5, 5.41) is 29.2. The minimum atomic E-state index is -1.05. The Bertz CT molecular complexity index is 1310. The summed E-state index contributed by atoms with van der Waals surface area (Å²) in [5.41, 5.74) is -2.05. The van der Waals surface area contributed by atoms with Crippen LogP contribution in [0.1, 0.15) is 42.7 Å². The third-order valence-corrected chi connectivity index (χ3v) is 5.84. The number of H-pyrrole nitrogens is 1. The van der Waals surface area contributed by atoms with Crippen LogP contribution in [0.2, 0.25) is 0 Å². The first-order valence-corrected chi connectivity index (χ1v) is 10.7. The highest BCUT2D eigenvalue weighted by Gasteiger charge is 2.35. The molecule has 3 N–H and O–H groups in total. The number of carbonyl (C=O) groups is 1. The summed E-state index contributed by atoms with van der Waals surface area (Å²) in [6.07, 6.45) is 4.10. The molecule has 0 aliphatic carbocycles. The normalized spacial score (nSPS) is 16.3. The summed E-state index contributed by atoms with van der Waals surface area (Å²) in [4.78, 5) is 44.8. The van der Waals surface area contributed by atoms with Crippen molar-refractivity contribution < 1.29 is 15.0 Å². The molecule has 12 nitrogen and oxygen atoms in total. The van der Waals surface area contributed by atoms with Crippen molar-refractivity contribution in [3.05, 3.63) is 50.6 Å². The van der Waals surface area contributed by atoms with E-state index in [1.54, 1.807) is 29.6 Å². The SMILES string of the molecule is Cn1c(=O)[nH]c(=O)c2cc(C(=O)N3CCC(O)(Cn4cc(CC(C)(C)O)nn4)CC3)cnc21. The van der Waals surface area contributed by atoms with E-state index in [0.29, 0.717) is 38.0 Å². The maximum absolute atomic E-state index is 13.0. The van der Waals surface area contributed by atoms with Crippen LogP contribution in [-0.4, -0.2) is 74.8 Å². The molecular formula is C21H27N7O5. The lowest BCUT2D eigenvalue weighted by molar-refractivity contribution is -0.0318. The highest BCUT2D eigenvalue weighted by Crippen LogP contribution is 2.25. The van der Waals surface area contributed by atoms with Gasteiger partial charge < -0.3 is 15.1 Å². The fourth-order valence-electron chi connectivity index (χ4n) is 4.06. The molecule has 1 saturated heterocycles. The molecule has 1 fully saturated rings. The third-order valence-electron chi connectivity index (χ3n) is 5.84. The number of piperidine rings is 1. The number of likely N-dealkylation sites (tertiary alicyclic amines) is 1. The highest BCUT2D eigenvalue weighted by molar-refractivity contribution is 5.96. The van der Waals surface area contributed by atoms with E-state index < -0.39 is 22.5 Å². The van der Waals surface area contributed by atoms with Gasteiger partial charge in [0, 0.05) is 39.0 Å². The molecule has 0 spiro atoms. The molecule has 1 aliphatic rings. The zero-order valence-corrected chi connectivity index (χ0v) is 18.8. The van der Waals surface area contributed by atoms with Gasteiger partial charge in [0.2, 0.25) is 0 Å². The number of fused-ring (bicyclic) bond motifs is 1. The highest BCUT2D eigenvalue weighted by atomic mass is 16.3. The fraction of sp³-hybridized carbons (Fsp3) is 0.524. The summed E-state index contributed by atoms with van der Waals surface area (Å²) in [5.74, 6) is -0.298. The molecule has 3 aromatic rings. The van der Waals surface area contributed by atoms with Crippen molar-refractivity contribution in [3.8, 4) is 0 Å². The number of aromatic amines is 1. The first kappa shape index (κ1) is 22.8. The number of nitrogens with zero attached hydrogens (tertiary/aromatic N) is 6. The summed E-state index contributed by atoms with van der Waals surface area (Å²) < 4.78 is 2.77. The molecule has 12 heteroatoms. The van der Waals surface area contributed by atoms with Crippen LogP contribution in [0.3, 0.4) is 0 Å². The molecule has 4 rings (SSSR count). The molecule has 0 atom stereocenters. The standard InChI is InChI=1S/C21H27N7O5/c1-20(2,32)9-14-11-28(25-24-14)12-21(33)4-6-27(7-5-21)18(30)13-8-15-16(22-10-13)26(3)19(31)23-17(15)29/h8,10-11,32-33H,4-7,9,12H2,1-3H3,(H,23,29,31). The van der Waals surface area contributed by atoms with E-state index in [2.05, 4.69) is 20.3 Å². The van der Waals surface area contributed by atoms with Crippen LogP contribution in [0.4, 0.5) is 0 Å². The van der Waals surface area contributed by atoms with E-state index in [4.69, 9.17) is 0 Å². The predicted octanol–water partition coefficient (Wildman–Crippen LogP) is -0.806. The van der Waals surface area contributed by atoms with Gasteiger partial charge in [0.1, 0.15) is 5.65 Å². The zero-order chi connectivity index (χ0) is 24.0. The van der Waals surface area contributed by atoms with E-state index in [1.165, 1.54) is 23.9 Å². The van der Waals surface area contributed by atoms with Crippen molar-refractivity contribution >= 4 is 16.9 Å². The summed E-state index contributed by atoms with van der Waals surface area (Å²) in [6, 6.07) is 1.43. The van der Waals surface area contributed by atoms with Crippen LogP contribution >= 0.6 is 0 Å². The molecule has 0 unspecified atom stereocenters. The Morgan fingerprint density at radius 1 is 1.27 bits per heavy atom. The second-order valence-corrected chi connectivity index (χ2v) is 9.33. The van der Waals surface area contributed by atoms with Gasteiger partial charge in [-0.3, -0.25) is 19.1 Å². The maximum Gasteiger partial charge on any atom is 0.329 e. The lowest BCUT2D eigenvalue weighted by Crippen LogP contribution is -2.48. The second kappa shape index (κ2) is 8.19. The van der Waals surface area contributed by atoms with Crippen LogP contribution < -0.4 is 11.2 Å². The molecule has 0 aromatic carbocycles. The van der Waals surface area contributed by atoms with E-state index >= 15 is 0 Å². The van der Waals surface area contributed by atoms with Gasteiger partial charge in [-0.15, -0.1) is 5.10 Å². The van der Waals surface area contributed by atoms with Crippen LogP contribution in [0, 0.1) is 0 Å². The van der Waals surface area contributed by atoms with Gasteiger partial charge in [-0.05, 0) is 32.8 Å². The second-order valence-electron chi connectivity index (χ2n) is 9.33. The maximum atomic E-state index is 13.0. The number of pyridine rings is 1. The zero-order valence-electron chi connectivity index (χ0n) is 18.8. The molecule has 4 heterocycles. The molecule has 0 radical (unpaired) electrons. The number of carbonyl (C=O) groups excluding carboxylic acids is 1. The number of hydrogen-bond acceptors (Lipinski definition) is 8. The average Bonchev–Trinajstić information content (AvgIpc) is 3.16. The van der Waals surface area contributed by atoms with Gasteiger partial charge in [0.05, 0.1) is 34.4 Å². The van der Waals surface area contributed by atoms with Crippen molar-refractivity contribution in [2.24, 2.45) is 7.05 Å². The summed E-state index contributed by atoms with van der Waals surface area (Å²) in [6.45, 7) is 4.25. The monoisotopic (exact) mass is 457 g/mol. The Kier molecular flexibility index (Phi) is 5.66. The van der Waals surface area contributed by atoms with Gasteiger partial charge in [-0.25, -0.2) is 14.5 Å². The lowest BCUT2D eigenvalue weighted by Gasteiger charge is -2.38. The Morgan fingerprint density at radius 3 is 2.64 bits per heavy atom. The van der Waals surface area contributed by atoms with Crippen LogP contribution in [0.5, 0.6) is 0 Å². The molecule has 33 heavy (non-hydrogen) atoms. The molecule has 0 bridgehead atoms. The largest absolute Gasteiger partial charge is 0.390 e. The van der Waals surface area contributed by atoms with E-state index in [0.717, 1.165) is 0 Å². The van der Waals surface area contributed by atoms with Crippen molar-refractivity contribution in [1.82, 2.24) is 34.4 Å². The Hall–Kier alpha value is -3.38. The van der Waals surface area contributed by atoms with Crippen LogP contribution in [-0.2, 0) is 20.0 Å². The van der Waals surface area contributed by atoms with Gasteiger partial charge in [-0.2, -0.15) is 0 Å². The van der Waals surface area contributed by atoms with Gasteiger partial charge in [0.15, 0.2) is 0 Å². The number of hydrogen-bond donors (Lipinski definition) is 3. The van der Waals surface area contributed by atoms with Gasteiger partial charge >= 0.3 is 5.69 Å². The Labute approximate surface area is 188 Å². The number of nitrogens with one attached hydrogen (secondary N) is 1. The molecule has 1 amide bonds. The number of aromatic nitrogens is 6. The van der Waals surface area contributed by atoms with Crippen molar-refractivity contribution in [1.29, 1.82) is 0 Å². The van der Waals surface area contributed by atoms with E-state index in [-0.39, 0.29) is 29.0 Å². The minimum absolute atomic E-state index is 0.157. The number of amides is 1. The fourth-order valence-corrected chi connectivity index (χ4v) is 4.06. The summed E-state index contributed by atoms with van der Waals surface area (Å²) >= 11 is 0. The molecule has 176 valence electrons. The van der Waals surface area contributed by atoms with Crippen molar-refractivity contribution in [2.75, 3.05) is 13.1 Å². The topological polar surface area (TPSA) is 159 Å². The Balaban J connectivity index is 1.44. The average molecular weight is 457 g/mol. The van der Waals surface area contributed by atoms with Gasteiger partial charge in [-0.1, -0.05) is 5.21 Å². The molecule has 3 aromatic heterocycles. The number of rotatable bonds is 5.